The van der Waals surface area contributed by atoms with Crippen molar-refractivity contribution in [2.45, 2.75) is 13.0 Å². The first-order chi connectivity index (χ1) is 18.1. The molecule has 6 rings (SSSR count). The quantitative estimate of drug-likeness (QED) is 0.426. The van der Waals surface area contributed by atoms with Gasteiger partial charge in [-0.05, 0) is 61.0 Å². The molecule has 0 spiro atoms. The van der Waals surface area contributed by atoms with E-state index in [0.29, 0.717) is 59.2 Å². The summed E-state index contributed by atoms with van der Waals surface area (Å²) in [4.78, 5) is 22.5. The number of hydrogen-bond donors (Lipinski definition) is 2. The van der Waals surface area contributed by atoms with Crippen molar-refractivity contribution in [2.75, 3.05) is 31.0 Å². The number of ether oxygens (including phenoxy) is 3. The van der Waals surface area contributed by atoms with Crippen molar-refractivity contribution in [3.05, 3.63) is 83.8 Å². The van der Waals surface area contributed by atoms with E-state index >= 15 is 0 Å². The lowest BCUT2D eigenvalue weighted by Gasteiger charge is -2.29. The second-order valence-electron chi connectivity index (χ2n) is 8.59. The minimum atomic E-state index is -0.562. The van der Waals surface area contributed by atoms with Gasteiger partial charge in [0.05, 0.1) is 12.7 Å². The van der Waals surface area contributed by atoms with Crippen molar-refractivity contribution in [3.63, 3.8) is 0 Å². The monoisotopic (exact) mass is 496 g/mol. The molecule has 1 unspecified atom stereocenters. The highest BCUT2D eigenvalue weighted by Gasteiger charge is 2.35. The second-order valence-corrected chi connectivity index (χ2v) is 8.59. The molecule has 2 N–H and O–H groups in total. The lowest BCUT2D eigenvalue weighted by molar-refractivity contribution is -0.113. The second kappa shape index (κ2) is 9.30. The SMILES string of the molecule is COc1ccc(NC(=O)C2=C(C)Nc3nc(-c4ccncc4)nn3C2c2ccc3c(c2)OCCO3)cc1. The standard InChI is InChI=1S/C27H24N6O4/c1-16-23(26(34)30-19-4-6-20(35-2)7-5-19)24(18-3-8-21-22(15-18)37-14-13-36-21)33-27(29-16)31-25(32-33)17-9-11-28-12-10-17/h3-12,15,24H,13-14H2,1-2H3,(H,30,34)(H,29,31,32). The van der Waals surface area contributed by atoms with Crippen LogP contribution < -0.4 is 24.8 Å². The first kappa shape index (κ1) is 22.6. The molecule has 0 saturated heterocycles. The van der Waals surface area contributed by atoms with Crippen LogP contribution in [-0.2, 0) is 4.79 Å². The van der Waals surface area contributed by atoms with E-state index in [1.54, 1.807) is 48.5 Å². The van der Waals surface area contributed by atoms with Gasteiger partial charge in [0, 0.05) is 29.3 Å². The molecule has 186 valence electrons. The number of carbonyl (C=O) groups excluding carboxylic acids is 1. The molecule has 4 heterocycles. The Hall–Kier alpha value is -4.86. The van der Waals surface area contributed by atoms with E-state index in [4.69, 9.17) is 24.3 Å². The third kappa shape index (κ3) is 4.22. The summed E-state index contributed by atoms with van der Waals surface area (Å²) >= 11 is 0. The molecule has 2 aliphatic rings. The van der Waals surface area contributed by atoms with Crippen LogP contribution in [0.25, 0.3) is 11.4 Å². The number of aromatic nitrogens is 4. The van der Waals surface area contributed by atoms with Crippen LogP contribution in [-0.4, -0.2) is 46.0 Å². The highest BCUT2D eigenvalue weighted by molar-refractivity contribution is 6.06. The molecule has 37 heavy (non-hydrogen) atoms. The Balaban J connectivity index is 1.43. The van der Waals surface area contributed by atoms with Crippen LogP contribution in [0, 0.1) is 0 Å². The zero-order valence-electron chi connectivity index (χ0n) is 20.3. The van der Waals surface area contributed by atoms with Gasteiger partial charge in [-0.25, -0.2) is 4.68 Å². The Morgan fingerprint density at radius 3 is 2.57 bits per heavy atom. The molecule has 2 aromatic heterocycles. The smallest absolute Gasteiger partial charge is 0.255 e. The fourth-order valence-electron chi connectivity index (χ4n) is 4.48. The number of carbonyl (C=O) groups is 1. The lowest BCUT2D eigenvalue weighted by atomic mass is 9.94. The van der Waals surface area contributed by atoms with E-state index in [0.717, 1.165) is 11.1 Å². The summed E-state index contributed by atoms with van der Waals surface area (Å²) in [6, 6.07) is 16.0. The van der Waals surface area contributed by atoms with Gasteiger partial charge in [-0.2, -0.15) is 4.98 Å². The Morgan fingerprint density at radius 1 is 1.05 bits per heavy atom. The molecule has 1 atom stereocenters. The van der Waals surface area contributed by atoms with E-state index in [1.165, 1.54) is 0 Å². The highest BCUT2D eigenvalue weighted by atomic mass is 16.6. The van der Waals surface area contributed by atoms with Crippen LogP contribution in [0.4, 0.5) is 11.6 Å². The van der Waals surface area contributed by atoms with Gasteiger partial charge < -0.3 is 24.8 Å². The Kier molecular flexibility index (Phi) is 5.68. The molecule has 10 nitrogen and oxygen atoms in total. The number of pyridine rings is 1. The van der Waals surface area contributed by atoms with E-state index in [-0.39, 0.29) is 5.91 Å². The van der Waals surface area contributed by atoms with Crippen molar-refractivity contribution >= 4 is 17.5 Å². The minimum Gasteiger partial charge on any atom is -0.497 e. The number of rotatable bonds is 5. The van der Waals surface area contributed by atoms with Crippen LogP contribution in [0.1, 0.15) is 18.5 Å². The average molecular weight is 497 g/mol. The molecule has 10 heteroatoms. The Bertz CT molecular complexity index is 1500. The summed E-state index contributed by atoms with van der Waals surface area (Å²) in [6.45, 7) is 2.82. The Morgan fingerprint density at radius 2 is 1.81 bits per heavy atom. The van der Waals surface area contributed by atoms with Gasteiger partial charge in [0.15, 0.2) is 17.3 Å². The van der Waals surface area contributed by atoms with Crippen molar-refractivity contribution in [2.24, 2.45) is 0 Å². The van der Waals surface area contributed by atoms with Crippen molar-refractivity contribution < 1.29 is 19.0 Å². The zero-order valence-corrected chi connectivity index (χ0v) is 20.3. The first-order valence-corrected chi connectivity index (χ1v) is 11.8. The summed E-state index contributed by atoms with van der Waals surface area (Å²) in [5.74, 6) is 2.80. The predicted octanol–water partition coefficient (Wildman–Crippen LogP) is 4.05. The maximum atomic E-state index is 13.7. The molecular weight excluding hydrogens is 472 g/mol. The number of anilines is 2. The highest BCUT2D eigenvalue weighted by Crippen LogP contribution is 2.40. The fourth-order valence-corrected chi connectivity index (χ4v) is 4.48. The van der Waals surface area contributed by atoms with Crippen LogP contribution >= 0.6 is 0 Å². The van der Waals surface area contributed by atoms with Gasteiger partial charge in [-0.3, -0.25) is 9.78 Å². The van der Waals surface area contributed by atoms with E-state index in [9.17, 15) is 4.79 Å². The van der Waals surface area contributed by atoms with Crippen LogP contribution in [0.2, 0.25) is 0 Å². The number of fused-ring (bicyclic) bond motifs is 2. The molecule has 0 fully saturated rings. The molecule has 2 aromatic carbocycles. The Labute approximate surface area is 212 Å². The van der Waals surface area contributed by atoms with E-state index < -0.39 is 6.04 Å². The number of amides is 1. The van der Waals surface area contributed by atoms with Crippen LogP contribution in [0.5, 0.6) is 17.2 Å². The van der Waals surface area contributed by atoms with Crippen molar-refractivity contribution in [3.8, 4) is 28.6 Å². The third-order valence-electron chi connectivity index (χ3n) is 6.27. The number of benzene rings is 2. The summed E-state index contributed by atoms with van der Waals surface area (Å²) in [5, 5.41) is 11.1. The summed E-state index contributed by atoms with van der Waals surface area (Å²) in [5.41, 5.74) is 3.46. The first-order valence-electron chi connectivity index (χ1n) is 11.8. The summed E-state index contributed by atoms with van der Waals surface area (Å²) in [7, 11) is 1.60. The average Bonchev–Trinajstić information content (AvgIpc) is 3.36. The maximum Gasteiger partial charge on any atom is 0.255 e. The fraction of sp³-hybridized carbons (Fsp3) is 0.185. The molecule has 4 aromatic rings. The third-order valence-corrected chi connectivity index (χ3v) is 6.27. The van der Waals surface area contributed by atoms with Gasteiger partial charge in [0.25, 0.3) is 5.91 Å². The van der Waals surface area contributed by atoms with Gasteiger partial charge in [0.1, 0.15) is 25.0 Å². The van der Waals surface area contributed by atoms with Crippen LogP contribution in [0.15, 0.2) is 78.3 Å². The largest absolute Gasteiger partial charge is 0.497 e. The van der Waals surface area contributed by atoms with Gasteiger partial charge in [-0.15, -0.1) is 5.10 Å². The minimum absolute atomic E-state index is 0.262. The molecule has 0 aliphatic carbocycles. The van der Waals surface area contributed by atoms with Crippen molar-refractivity contribution in [1.29, 1.82) is 0 Å². The number of nitrogens with zero attached hydrogens (tertiary/aromatic N) is 4. The lowest BCUT2D eigenvalue weighted by Crippen LogP contribution is -2.31. The molecule has 0 saturated carbocycles. The molecule has 0 bridgehead atoms. The van der Waals surface area contributed by atoms with Gasteiger partial charge >= 0.3 is 0 Å². The predicted molar refractivity (Wildman–Crippen MR) is 137 cm³/mol. The van der Waals surface area contributed by atoms with E-state index in [1.807, 2.05) is 37.3 Å². The number of nitrogens with one attached hydrogen (secondary N) is 2. The van der Waals surface area contributed by atoms with E-state index in [2.05, 4.69) is 15.6 Å². The van der Waals surface area contributed by atoms with Crippen molar-refractivity contribution in [1.82, 2.24) is 19.7 Å². The molecule has 0 radical (unpaired) electrons. The maximum absolute atomic E-state index is 13.7. The summed E-state index contributed by atoms with van der Waals surface area (Å²) in [6.07, 6.45) is 3.39. The molecule has 1 amide bonds. The topological polar surface area (TPSA) is 112 Å². The number of hydrogen-bond acceptors (Lipinski definition) is 8. The molecule has 2 aliphatic heterocycles. The van der Waals surface area contributed by atoms with Crippen LogP contribution in [0.3, 0.4) is 0 Å². The number of methoxy groups -OCH3 is 1. The molecular formula is C27H24N6O4. The number of allylic oxidation sites excluding steroid dienone is 1. The van der Waals surface area contributed by atoms with Gasteiger partial charge in [-0.1, -0.05) is 6.07 Å². The normalized spacial score (nSPS) is 16.0. The summed E-state index contributed by atoms with van der Waals surface area (Å²) < 4.78 is 18.5. The zero-order chi connectivity index (χ0) is 25.4. The van der Waals surface area contributed by atoms with Gasteiger partial charge in [0.2, 0.25) is 5.95 Å².